The van der Waals surface area contributed by atoms with Crippen molar-refractivity contribution in [3.8, 4) is 0 Å². The highest BCUT2D eigenvalue weighted by molar-refractivity contribution is 9.10. The number of anilines is 1. The highest BCUT2D eigenvalue weighted by atomic mass is 79.9. The molecule has 0 aliphatic carbocycles. The van der Waals surface area contributed by atoms with Crippen LogP contribution in [0.25, 0.3) is 0 Å². The number of hydrogen-bond donors (Lipinski definition) is 1. The lowest BCUT2D eigenvalue weighted by atomic mass is 9.80. The summed E-state index contributed by atoms with van der Waals surface area (Å²) in [4.78, 5) is 14.5. The van der Waals surface area contributed by atoms with Crippen LogP contribution in [0.2, 0.25) is 0 Å². The predicted octanol–water partition coefficient (Wildman–Crippen LogP) is 3.54. The van der Waals surface area contributed by atoms with Gasteiger partial charge in [0, 0.05) is 23.2 Å². The largest absolute Gasteiger partial charge is 0.399 e. The number of rotatable bonds is 1. The summed E-state index contributed by atoms with van der Waals surface area (Å²) in [6.07, 6.45) is 1.08. The summed E-state index contributed by atoms with van der Waals surface area (Å²) in [5.74, 6) is 0.641. The van der Waals surface area contributed by atoms with Crippen LogP contribution in [0.3, 0.4) is 0 Å². The lowest BCUT2D eigenvalue weighted by Crippen LogP contribution is -2.31. The van der Waals surface area contributed by atoms with Gasteiger partial charge in [-0.25, -0.2) is 0 Å². The fourth-order valence-electron chi connectivity index (χ4n) is 2.53. The molecule has 1 unspecified atom stereocenters. The molecule has 1 aromatic carbocycles. The lowest BCUT2D eigenvalue weighted by molar-refractivity contribution is 0.0775. The van der Waals surface area contributed by atoms with Gasteiger partial charge in [0.15, 0.2) is 0 Å². The summed E-state index contributed by atoms with van der Waals surface area (Å²) >= 11 is 3.43. The molecule has 3 nitrogen and oxygen atoms in total. The first-order chi connectivity index (χ1) is 8.79. The van der Waals surface area contributed by atoms with Gasteiger partial charge in [-0.15, -0.1) is 0 Å². The molecule has 104 valence electrons. The second kappa shape index (κ2) is 5.16. The molecule has 0 spiro atoms. The average molecular weight is 325 g/mol. The Kier molecular flexibility index (Phi) is 3.90. The van der Waals surface area contributed by atoms with Gasteiger partial charge in [-0.3, -0.25) is 4.79 Å². The normalized spacial score (nSPS) is 19.8. The number of nitrogens with two attached hydrogens (primary N) is 1. The maximum atomic E-state index is 12.5. The summed E-state index contributed by atoms with van der Waals surface area (Å²) in [7, 11) is 0. The summed E-state index contributed by atoms with van der Waals surface area (Å²) in [6.45, 7) is 8.39. The third-order valence-corrected chi connectivity index (χ3v) is 4.61. The highest BCUT2D eigenvalue weighted by Crippen LogP contribution is 2.34. The molecule has 1 aromatic rings. The maximum absolute atomic E-state index is 12.5. The zero-order valence-corrected chi connectivity index (χ0v) is 13.3. The SMILES string of the molecule is CC(C)(C)C1CCN(C(=O)c2cc(N)ccc2Br)C1. The van der Waals surface area contributed by atoms with E-state index in [9.17, 15) is 4.79 Å². The molecule has 2 rings (SSSR count). The van der Waals surface area contributed by atoms with E-state index in [2.05, 4.69) is 36.7 Å². The number of nitrogens with zero attached hydrogens (tertiary/aromatic N) is 1. The van der Waals surface area contributed by atoms with Crippen LogP contribution in [0, 0.1) is 11.3 Å². The number of carbonyl (C=O) groups excluding carboxylic acids is 1. The van der Waals surface area contributed by atoms with Gasteiger partial charge in [0.2, 0.25) is 0 Å². The summed E-state index contributed by atoms with van der Waals surface area (Å²) in [5, 5.41) is 0. The smallest absolute Gasteiger partial charge is 0.255 e. The van der Waals surface area contributed by atoms with Crippen molar-refractivity contribution in [2.45, 2.75) is 27.2 Å². The minimum absolute atomic E-state index is 0.0749. The van der Waals surface area contributed by atoms with Crippen molar-refractivity contribution < 1.29 is 4.79 Å². The van der Waals surface area contributed by atoms with Crippen molar-refractivity contribution in [3.05, 3.63) is 28.2 Å². The molecule has 1 heterocycles. The quantitative estimate of drug-likeness (QED) is 0.803. The van der Waals surface area contributed by atoms with Gasteiger partial charge in [-0.05, 0) is 51.9 Å². The van der Waals surface area contributed by atoms with Crippen LogP contribution in [-0.4, -0.2) is 23.9 Å². The lowest BCUT2D eigenvalue weighted by Gasteiger charge is -2.27. The molecule has 1 atom stereocenters. The van der Waals surface area contributed by atoms with Crippen molar-refractivity contribution in [2.75, 3.05) is 18.8 Å². The van der Waals surface area contributed by atoms with E-state index in [-0.39, 0.29) is 11.3 Å². The molecule has 1 aliphatic rings. The molecule has 0 radical (unpaired) electrons. The minimum atomic E-state index is 0.0749. The van der Waals surface area contributed by atoms with E-state index in [0.29, 0.717) is 17.2 Å². The summed E-state index contributed by atoms with van der Waals surface area (Å²) in [5.41, 5.74) is 7.31. The van der Waals surface area contributed by atoms with E-state index in [0.717, 1.165) is 24.0 Å². The Balaban J connectivity index is 2.16. The number of benzene rings is 1. The van der Waals surface area contributed by atoms with E-state index in [1.165, 1.54) is 0 Å². The monoisotopic (exact) mass is 324 g/mol. The number of nitrogen functional groups attached to an aromatic ring is 1. The van der Waals surface area contributed by atoms with Gasteiger partial charge in [0.1, 0.15) is 0 Å². The van der Waals surface area contributed by atoms with Crippen molar-refractivity contribution in [1.82, 2.24) is 4.90 Å². The first-order valence-electron chi connectivity index (χ1n) is 6.63. The number of amides is 1. The van der Waals surface area contributed by atoms with Crippen LogP contribution in [0.4, 0.5) is 5.69 Å². The Labute approximate surface area is 123 Å². The zero-order valence-electron chi connectivity index (χ0n) is 11.7. The molecule has 1 amide bonds. The van der Waals surface area contributed by atoms with Crippen LogP contribution in [0.1, 0.15) is 37.6 Å². The highest BCUT2D eigenvalue weighted by Gasteiger charge is 2.34. The Bertz CT molecular complexity index is 493. The molecule has 2 N–H and O–H groups in total. The number of halogens is 1. The zero-order chi connectivity index (χ0) is 14.2. The van der Waals surface area contributed by atoms with Crippen molar-refractivity contribution in [3.63, 3.8) is 0 Å². The van der Waals surface area contributed by atoms with Gasteiger partial charge in [-0.2, -0.15) is 0 Å². The molecule has 0 bridgehead atoms. The molecule has 0 aromatic heterocycles. The average Bonchev–Trinajstić information content (AvgIpc) is 2.80. The molecule has 19 heavy (non-hydrogen) atoms. The van der Waals surface area contributed by atoms with E-state index in [1.807, 2.05) is 11.0 Å². The van der Waals surface area contributed by atoms with Crippen molar-refractivity contribution in [2.24, 2.45) is 11.3 Å². The fraction of sp³-hybridized carbons (Fsp3) is 0.533. The van der Waals surface area contributed by atoms with Gasteiger partial charge >= 0.3 is 0 Å². The molecular formula is C15H21BrN2O. The number of carbonyl (C=O) groups is 1. The van der Waals surface area contributed by atoms with E-state index in [4.69, 9.17) is 5.73 Å². The van der Waals surface area contributed by atoms with E-state index >= 15 is 0 Å². The molecule has 4 heteroatoms. The Hall–Kier alpha value is -1.03. The third kappa shape index (κ3) is 3.11. The van der Waals surface area contributed by atoms with Crippen LogP contribution in [0.5, 0.6) is 0 Å². The number of likely N-dealkylation sites (tertiary alicyclic amines) is 1. The molecule has 0 saturated carbocycles. The Morgan fingerprint density at radius 1 is 1.42 bits per heavy atom. The molecular weight excluding hydrogens is 304 g/mol. The molecule has 1 aliphatic heterocycles. The first-order valence-corrected chi connectivity index (χ1v) is 7.42. The van der Waals surface area contributed by atoms with Gasteiger partial charge in [0.25, 0.3) is 5.91 Å². The minimum Gasteiger partial charge on any atom is -0.399 e. The van der Waals surface area contributed by atoms with Crippen LogP contribution in [-0.2, 0) is 0 Å². The van der Waals surface area contributed by atoms with Crippen molar-refractivity contribution >= 4 is 27.5 Å². The van der Waals surface area contributed by atoms with Gasteiger partial charge in [-0.1, -0.05) is 20.8 Å². The van der Waals surface area contributed by atoms with Crippen LogP contribution in [0.15, 0.2) is 22.7 Å². The molecule has 1 saturated heterocycles. The second-order valence-electron chi connectivity index (χ2n) is 6.34. The summed E-state index contributed by atoms with van der Waals surface area (Å²) < 4.78 is 0.811. The van der Waals surface area contributed by atoms with E-state index in [1.54, 1.807) is 12.1 Å². The fourth-order valence-corrected chi connectivity index (χ4v) is 2.94. The maximum Gasteiger partial charge on any atom is 0.255 e. The second-order valence-corrected chi connectivity index (χ2v) is 7.20. The predicted molar refractivity (Wildman–Crippen MR) is 82.0 cm³/mol. The standard InChI is InChI=1S/C15H21BrN2O/c1-15(2,3)10-6-7-18(9-10)14(19)12-8-11(17)4-5-13(12)16/h4-5,8,10H,6-7,9,17H2,1-3H3. The van der Waals surface area contributed by atoms with Crippen LogP contribution >= 0.6 is 15.9 Å². The molecule has 1 fully saturated rings. The Morgan fingerprint density at radius 3 is 2.68 bits per heavy atom. The summed E-state index contributed by atoms with van der Waals surface area (Å²) in [6, 6.07) is 5.37. The van der Waals surface area contributed by atoms with Crippen molar-refractivity contribution in [1.29, 1.82) is 0 Å². The van der Waals surface area contributed by atoms with Gasteiger partial charge < -0.3 is 10.6 Å². The van der Waals surface area contributed by atoms with Crippen LogP contribution < -0.4 is 5.73 Å². The van der Waals surface area contributed by atoms with E-state index < -0.39 is 0 Å². The number of hydrogen-bond acceptors (Lipinski definition) is 2. The first kappa shape index (κ1) is 14.4. The topological polar surface area (TPSA) is 46.3 Å². The third-order valence-electron chi connectivity index (χ3n) is 3.92. The Morgan fingerprint density at radius 2 is 2.11 bits per heavy atom. The van der Waals surface area contributed by atoms with Gasteiger partial charge in [0.05, 0.1) is 5.56 Å².